The molecule has 8 nitrogen and oxygen atoms in total. The highest BCUT2D eigenvalue weighted by Crippen LogP contribution is 2.31. The summed E-state index contributed by atoms with van der Waals surface area (Å²) in [6.45, 7) is 3.31. The second-order valence-electron chi connectivity index (χ2n) is 7.46. The van der Waals surface area contributed by atoms with Crippen LogP contribution in [-0.4, -0.2) is 48.9 Å². The second-order valence-corrected chi connectivity index (χ2v) is 7.46. The summed E-state index contributed by atoms with van der Waals surface area (Å²) >= 11 is 0. The number of amides is 1. The molecule has 1 heterocycles. The fourth-order valence-corrected chi connectivity index (χ4v) is 3.46. The van der Waals surface area contributed by atoms with Gasteiger partial charge >= 0.3 is 0 Å². The van der Waals surface area contributed by atoms with E-state index in [9.17, 15) is 9.59 Å². The van der Waals surface area contributed by atoms with Crippen LogP contribution in [-0.2, 0) is 19.6 Å². The van der Waals surface area contributed by atoms with Crippen molar-refractivity contribution < 1.29 is 14.3 Å². The molecule has 1 amide bonds. The minimum Gasteiger partial charge on any atom is -0.493 e. The van der Waals surface area contributed by atoms with Crippen molar-refractivity contribution in [2.24, 2.45) is 0 Å². The molecule has 0 unspecified atom stereocenters. The Morgan fingerprint density at radius 2 is 1.71 bits per heavy atom. The summed E-state index contributed by atoms with van der Waals surface area (Å²) in [6.07, 6.45) is 0. The van der Waals surface area contributed by atoms with E-state index in [1.54, 1.807) is 19.1 Å². The number of nitrogens with zero attached hydrogens (tertiary/aromatic N) is 3. The molecule has 164 valence electrons. The van der Waals surface area contributed by atoms with Crippen LogP contribution >= 0.6 is 0 Å². The van der Waals surface area contributed by atoms with Crippen LogP contribution < -0.4 is 20.3 Å². The van der Waals surface area contributed by atoms with Crippen molar-refractivity contribution in [1.29, 1.82) is 0 Å². The Kier molecular flexibility index (Phi) is 6.91. The molecule has 0 atom stereocenters. The number of methoxy groups -OCH3 is 2. The first kappa shape index (κ1) is 22.3. The number of carbonyl (C=O) groups excluding carboxylic acids is 1. The van der Waals surface area contributed by atoms with Crippen LogP contribution in [0, 0.1) is 0 Å². The van der Waals surface area contributed by atoms with Gasteiger partial charge in [0.2, 0.25) is 0 Å². The summed E-state index contributed by atoms with van der Waals surface area (Å²) in [4.78, 5) is 27.9. The highest BCUT2D eigenvalue weighted by atomic mass is 16.5. The molecule has 3 aromatic rings. The Bertz CT molecular complexity index is 1150. The van der Waals surface area contributed by atoms with E-state index in [0.717, 1.165) is 17.7 Å². The molecule has 3 rings (SSSR count). The van der Waals surface area contributed by atoms with Crippen LogP contribution in [0.15, 0.2) is 41.2 Å². The molecular formula is C23H28N4O4. The van der Waals surface area contributed by atoms with Crippen molar-refractivity contribution in [3.05, 3.63) is 63.6 Å². The third kappa shape index (κ3) is 4.86. The van der Waals surface area contributed by atoms with Gasteiger partial charge in [-0.2, -0.15) is 5.10 Å². The highest BCUT2D eigenvalue weighted by molar-refractivity contribution is 6.05. The van der Waals surface area contributed by atoms with E-state index in [1.165, 1.54) is 18.9 Å². The topological polar surface area (TPSA) is 85.7 Å². The number of ether oxygens (including phenoxy) is 2. The maximum Gasteiger partial charge on any atom is 0.274 e. The monoisotopic (exact) mass is 424 g/mol. The molecule has 8 heteroatoms. The first-order chi connectivity index (χ1) is 14.9. The van der Waals surface area contributed by atoms with Gasteiger partial charge in [-0.1, -0.05) is 24.3 Å². The van der Waals surface area contributed by atoms with Gasteiger partial charge in [0.15, 0.2) is 17.2 Å². The molecule has 31 heavy (non-hydrogen) atoms. The zero-order valence-corrected chi connectivity index (χ0v) is 18.6. The fraction of sp³-hybridized carbons (Fsp3) is 0.348. The summed E-state index contributed by atoms with van der Waals surface area (Å²) in [6, 6.07) is 11.3. The number of hydrogen-bond acceptors (Lipinski definition) is 6. The molecule has 0 spiro atoms. The molecule has 0 aliphatic rings. The lowest BCUT2D eigenvalue weighted by atomic mass is 10.1. The van der Waals surface area contributed by atoms with Gasteiger partial charge in [-0.05, 0) is 44.3 Å². The zero-order valence-electron chi connectivity index (χ0n) is 18.6. The summed E-state index contributed by atoms with van der Waals surface area (Å²) < 4.78 is 12.0. The molecule has 1 aromatic heterocycles. The molecule has 0 saturated carbocycles. The van der Waals surface area contributed by atoms with E-state index >= 15 is 0 Å². The maximum absolute atomic E-state index is 13.1. The van der Waals surface area contributed by atoms with Crippen molar-refractivity contribution in [2.45, 2.75) is 26.6 Å². The number of hydrogen-bond donors (Lipinski definition) is 1. The minimum atomic E-state index is -0.363. The summed E-state index contributed by atoms with van der Waals surface area (Å²) in [5.74, 6) is 0.485. The third-order valence-electron chi connectivity index (χ3n) is 4.92. The molecule has 0 aliphatic carbocycles. The molecule has 0 saturated heterocycles. The number of nitrogens with one attached hydrogen (secondary N) is 1. The van der Waals surface area contributed by atoms with Gasteiger partial charge in [-0.3, -0.25) is 9.59 Å². The Labute approximate surface area is 181 Å². The number of fused-ring (bicyclic) bond motifs is 1. The molecular weight excluding hydrogens is 396 g/mol. The zero-order chi connectivity index (χ0) is 22.5. The SMILES string of the molecule is CCn1nc(C(=O)NCc2cccc(CN(C)C)c2)c2cc(OC)c(OC)cc2c1=O. The highest BCUT2D eigenvalue weighted by Gasteiger charge is 2.19. The minimum absolute atomic E-state index is 0.168. The summed E-state index contributed by atoms with van der Waals surface area (Å²) in [5.41, 5.74) is 2.03. The van der Waals surface area contributed by atoms with Crippen LogP contribution in [0.3, 0.4) is 0 Å². The van der Waals surface area contributed by atoms with Gasteiger partial charge in [0.25, 0.3) is 11.5 Å². The number of carbonyl (C=O) groups is 1. The average molecular weight is 425 g/mol. The Hall–Kier alpha value is -3.39. The summed E-state index contributed by atoms with van der Waals surface area (Å²) in [7, 11) is 7.03. The van der Waals surface area contributed by atoms with E-state index in [-0.39, 0.29) is 17.2 Å². The molecule has 1 N–H and O–H groups in total. The quantitative estimate of drug-likeness (QED) is 0.598. The number of aromatic nitrogens is 2. The predicted octanol–water partition coefficient (Wildman–Crippen LogP) is 2.43. The van der Waals surface area contributed by atoms with Gasteiger partial charge in [0, 0.05) is 25.0 Å². The van der Waals surface area contributed by atoms with Gasteiger partial charge in [-0.15, -0.1) is 0 Å². The first-order valence-electron chi connectivity index (χ1n) is 10.1. The van der Waals surface area contributed by atoms with Crippen LogP contribution in [0.1, 0.15) is 28.5 Å². The number of benzene rings is 2. The largest absolute Gasteiger partial charge is 0.493 e. The normalized spacial score (nSPS) is 11.0. The lowest BCUT2D eigenvalue weighted by molar-refractivity contribution is 0.0945. The van der Waals surface area contributed by atoms with Crippen LogP contribution in [0.25, 0.3) is 10.8 Å². The number of rotatable bonds is 8. The van der Waals surface area contributed by atoms with Crippen LogP contribution in [0.4, 0.5) is 0 Å². The predicted molar refractivity (Wildman–Crippen MR) is 120 cm³/mol. The molecule has 0 aliphatic heterocycles. The van der Waals surface area contributed by atoms with E-state index in [0.29, 0.717) is 35.4 Å². The lowest BCUT2D eigenvalue weighted by Crippen LogP contribution is -2.30. The van der Waals surface area contributed by atoms with E-state index in [4.69, 9.17) is 9.47 Å². The van der Waals surface area contributed by atoms with E-state index < -0.39 is 0 Å². The van der Waals surface area contributed by atoms with E-state index in [1.807, 2.05) is 26.2 Å². The third-order valence-corrected chi connectivity index (χ3v) is 4.92. The van der Waals surface area contributed by atoms with Crippen molar-refractivity contribution in [1.82, 2.24) is 20.0 Å². The summed E-state index contributed by atoms with van der Waals surface area (Å²) in [5, 5.41) is 8.01. The van der Waals surface area contributed by atoms with Crippen LogP contribution in [0.2, 0.25) is 0 Å². The van der Waals surface area contributed by atoms with Gasteiger partial charge in [0.1, 0.15) is 0 Å². The van der Waals surface area contributed by atoms with Gasteiger partial charge in [-0.25, -0.2) is 4.68 Å². The van der Waals surface area contributed by atoms with Gasteiger partial charge in [0.05, 0.1) is 19.6 Å². The van der Waals surface area contributed by atoms with Crippen molar-refractivity contribution >= 4 is 16.7 Å². The van der Waals surface area contributed by atoms with Crippen molar-refractivity contribution in [3.63, 3.8) is 0 Å². The molecule has 0 radical (unpaired) electrons. The van der Waals surface area contributed by atoms with Gasteiger partial charge < -0.3 is 19.7 Å². The maximum atomic E-state index is 13.1. The molecule has 0 fully saturated rings. The Morgan fingerprint density at radius 1 is 1.06 bits per heavy atom. The smallest absolute Gasteiger partial charge is 0.274 e. The second kappa shape index (κ2) is 9.61. The van der Waals surface area contributed by atoms with Crippen LogP contribution in [0.5, 0.6) is 11.5 Å². The average Bonchev–Trinajstić information content (AvgIpc) is 2.76. The lowest BCUT2D eigenvalue weighted by Gasteiger charge is -2.14. The Morgan fingerprint density at radius 3 is 2.32 bits per heavy atom. The fourth-order valence-electron chi connectivity index (χ4n) is 3.46. The molecule has 0 bridgehead atoms. The molecule has 2 aromatic carbocycles. The standard InChI is InChI=1S/C23H28N4O4/c1-6-27-23(29)18-12-20(31-5)19(30-4)11-17(18)21(25-27)22(28)24-13-15-8-7-9-16(10-15)14-26(2)3/h7-12H,6,13-14H2,1-5H3,(H,24,28). The Balaban J connectivity index is 1.96. The first-order valence-corrected chi connectivity index (χ1v) is 10.1. The number of aryl methyl sites for hydroxylation is 1. The van der Waals surface area contributed by atoms with Crippen molar-refractivity contribution in [2.75, 3.05) is 28.3 Å². The van der Waals surface area contributed by atoms with Crippen molar-refractivity contribution in [3.8, 4) is 11.5 Å². The van der Waals surface area contributed by atoms with E-state index in [2.05, 4.69) is 27.4 Å².